The third-order valence-corrected chi connectivity index (χ3v) is 3.15. The number of methoxy groups -OCH3 is 1. The average molecular weight is 281 g/mol. The van der Waals surface area contributed by atoms with Crippen LogP contribution >= 0.6 is 0 Å². The second kappa shape index (κ2) is 6.13. The molecular formula is C17H15NO3. The third kappa shape index (κ3) is 3.05. The quantitative estimate of drug-likeness (QED) is 0.710. The fourth-order valence-corrected chi connectivity index (χ4v) is 2.03. The van der Waals surface area contributed by atoms with Crippen molar-refractivity contribution in [3.63, 3.8) is 0 Å². The van der Waals surface area contributed by atoms with E-state index >= 15 is 0 Å². The van der Waals surface area contributed by atoms with Crippen molar-refractivity contribution < 1.29 is 14.0 Å². The maximum Gasteiger partial charge on any atom is 0.161 e. The van der Waals surface area contributed by atoms with E-state index in [9.17, 15) is 0 Å². The predicted octanol–water partition coefficient (Wildman–Crippen LogP) is 3.93. The van der Waals surface area contributed by atoms with Gasteiger partial charge in [0.15, 0.2) is 11.5 Å². The Morgan fingerprint density at radius 2 is 1.71 bits per heavy atom. The van der Waals surface area contributed by atoms with Crippen LogP contribution in [0.3, 0.4) is 0 Å². The van der Waals surface area contributed by atoms with Crippen LogP contribution in [-0.4, -0.2) is 12.3 Å². The highest BCUT2D eigenvalue weighted by atomic mass is 16.5. The molecule has 0 radical (unpaired) electrons. The minimum atomic E-state index is 0.486. The molecule has 1 aromatic heterocycles. The highest BCUT2D eigenvalue weighted by molar-refractivity contribution is 5.58. The molecule has 0 bridgehead atoms. The summed E-state index contributed by atoms with van der Waals surface area (Å²) in [4.78, 5) is 0. The summed E-state index contributed by atoms with van der Waals surface area (Å²) < 4.78 is 15.9. The van der Waals surface area contributed by atoms with Gasteiger partial charge in [-0.1, -0.05) is 41.6 Å². The lowest BCUT2D eigenvalue weighted by Gasteiger charge is -2.10. The molecule has 0 unspecified atom stereocenters. The van der Waals surface area contributed by atoms with Gasteiger partial charge in [-0.2, -0.15) is 0 Å². The number of para-hydroxylation sites is 2. The molecule has 0 aliphatic rings. The van der Waals surface area contributed by atoms with Gasteiger partial charge in [-0.25, -0.2) is 0 Å². The van der Waals surface area contributed by atoms with Crippen molar-refractivity contribution in [2.45, 2.75) is 6.61 Å². The van der Waals surface area contributed by atoms with Gasteiger partial charge in [-0.3, -0.25) is 0 Å². The summed E-state index contributed by atoms with van der Waals surface area (Å²) in [6, 6.07) is 17.5. The van der Waals surface area contributed by atoms with Crippen molar-refractivity contribution in [3.05, 3.63) is 66.4 Å². The summed E-state index contributed by atoms with van der Waals surface area (Å²) in [6.07, 6.45) is 1.56. The van der Waals surface area contributed by atoms with Crippen LogP contribution < -0.4 is 9.47 Å². The van der Waals surface area contributed by atoms with Crippen LogP contribution in [-0.2, 0) is 6.61 Å². The number of rotatable bonds is 5. The van der Waals surface area contributed by atoms with Gasteiger partial charge >= 0.3 is 0 Å². The highest BCUT2D eigenvalue weighted by Gasteiger charge is 2.04. The maximum atomic E-state index is 5.79. The van der Waals surface area contributed by atoms with Crippen LogP contribution in [0.25, 0.3) is 11.3 Å². The number of hydrogen-bond donors (Lipinski definition) is 0. The normalized spacial score (nSPS) is 10.3. The molecule has 0 saturated carbocycles. The largest absolute Gasteiger partial charge is 0.493 e. The van der Waals surface area contributed by atoms with Gasteiger partial charge < -0.3 is 14.0 Å². The molecule has 4 heteroatoms. The van der Waals surface area contributed by atoms with Crippen molar-refractivity contribution in [2.24, 2.45) is 0 Å². The Balaban J connectivity index is 1.68. The molecule has 4 nitrogen and oxygen atoms in total. The molecule has 0 fully saturated rings. The predicted molar refractivity (Wildman–Crippen MR) is 79.3 cm³/mol. The zero-order valence-electron chi connectivity index (χ0n) is 11.7. The van der Waals surface area contributed by atoms with E-state index in [-0.39, 0.29) is 0 Å². The second-order valence-corrected chi connectivity index (χ2v) is 4.52. The molecule has 0 atom stereocenters. The first-order valence-corrected chi connectivity index (χ1v) is 6.62. The first-order valence-electron chi connectivity index (χ1n) is 6.62. The lowest BCUT2D eigenvalue weighted by atomic mass is 10.1. The van der Waals surface area contributed by atoms with E-state index in [1.54, 1.807) is 13.4 Å². The standard InChI is InChI=1S/C17H15NO3/c1-19-16-4-2-3-5-17(16)20-12-13-6-8-14(9-7-13)15-10-11-21-18-15/h2-11H,12H2,1H3. The summed E-state index contributed by atoms with van der Waals surface area (Å²) in [5.41, 5.74) is 2.92. The van der Waals surface area contributed by atoms with Crippen LogP contribution in [0.2, 0.25) is 0 Å². The first-order chi connectivity index (χ1) is 10.4. The monoisotopic (exact) mass is 281 g/mol. The van der Waals surface area contributed by atoms with Gasteiger partial charge in [0, 0.05) is 11.6 Å². The van der Waals surface area contributed by atoms with Crippen molar-refractivity contribution in [1.82, 2.24) is 5.16 Å². The van der Waals surface area contributed by atoms with E-state index < -0.39 is 0 Å². The van der Waals surface area contributed by atoms with Crippen LogP contribution in [0.5, 0.6) is 11.5 Å². The number of aromatic nitrogens is 1. The molecule has 0 aliphatic carbocycles. The van der Waals surface area contributed by atoms with Gasteiger partial charge in [0.2, 0.25) is 0 Å². The van der Waals surface area contributed by atoms with E-state index in [4.69, 9.17) is 14.0 Å². The molecule has 1 heterocycles. The molecule has 0 N–H and O–H groups in total. The fourth-order valence-electron chi connectivity index (χ4n) is 2.03. The molecule has 3 rings (SSSR count). The van der Waals surface area contributed by atoms with E-state index in [1.165, 1.54) is 0 Å². The zero-order chi connectivity index (χ0) is 14.5. The summed E-state index contributed by atoms with van der Waals surface area (Å²) in [6.45, 7) is 0.486. The van der Waals surface area contributed by atoms with Crippen molar-refractivity contribution in [2.75, 3.05) is 7.11 Å². The molecule has 21 heavy (non-hydrogen) atoms. The zero-order valence-corrected chi connectivity index (χ0v) is 11.7. The van der Waals surface area contributed by atoms with Gasteiger partial charge in [-0.15, -0.1) is 0 Å². The molecule has 2 aromatic carbocycles. The average Bonchev–Trinajstić information content (AvgIpc) is 3.08. The van der Waals surface area contributed by atoms with Gasteiger partial charge in [0.1, 0.15) is 18.6 Å². The Bertz CT molecular complexity index is 690. The van der Waals surface area contributed by atoms with Crippen LogP contribution in [0.1, 0.15) is 5.56 Å². The van der Waals surface area contributed by atoms with Crippen LogP contribution in [0.15, 0.2) is 65.4 Å². The van der Waals surface area contributed by atoms with Gasteiger partial charge in [0.05, 0.1) is 7.11 Å². The van der Waals surface area contributed by atoms with E-state index in [0.29, 0.717) is 6.61 Å². The van der Waals surface area contributed by atoms with Gasteiger partial charge in [-0.05, 0) is 17.7 Å². The maximum absolute atomic E-state index is 5.79. The number of nitrogens with zero attached hydrogens (tertiary/aromatic N) is 1. The SMILES string of the molecule is COc1ccccc1OCc1ccc(-c2ccon2)cc1. The molecular weight excluding hydrogens is 266 g/mol. The molecule has 0 spiro atoms. The van der Waals surface area contributed by atoms with E-state index in [0.717, 1.165) is 28.3 Å². The molecule has 106 valence electrons. The summed E-state index contributed by atoms with van der Waals surface area (Å²) in [5.74, 6) is 1.47. The molecule has 3 aromatic rings. The number of hydrogen-bond acceptors (Lipinski definition) is 4. The Morgan fingerprint density at radius 3 is 2.38 bits per heavy atom. The molecule has 0 aliphatic heterocycles. The number of ether oxygens (including phenoxy) is 2. The minimum Gasteiger partial charge on any atom is -0.493 e. The Kier molecular flexibility index (Phi) is 3.87. The first kappa shape index (κ1) is 13.2. The lowest BCUT2D eigenvalue weighted by molar-refractivity contribution is 0.284. The number of benzene rings is 2. The minimum absolute atomic E-state index is 0.486. The van der Waals surface area contributed by atoms with Crippen molar-refractivity contribution in [3.8, 4) is 22.8 Å². The third-order valence-electron chi connectivity index (χ3n) is 3.15. The Labute approximate surface area is 122 Å². The van der Waals surface area contributed by atoms with E-state index in [1.807, 2.05) is 54.6 Å². The highest BCUT2D eigenvalue weighted by Crippen LogP contribution is 2.27. The Hall–Kier alpha value is -2.75. The summed E-state index contributed by atoms with van der Waals surface area (Å²) in [5, 5.41) is 3.91. The van der Waals surface area contributed by atoms with Gasteiger partial charge in [0.25, 0.3) is 0 Å². The van der Waals surface area contributed by atoms with Crippen LogP contribution in [0.4, 0.5) is 0 Å². The summed E-state index contributed by atoms with van der Waals surface area (Å²) >= 11 is 0. The second-order valence-electron chi connectivity index (χ2n) is 4.52. The topological polar surface area (TPSA) is 44.5 Å². The summed E-state index contributed by atoms with van der Waals surface area (Å²) in [7, 11) is 1.63. The smallest absolute Gasteiger partial charge is 0.161 e. The van der Waals surface area contributed by atoms with Crippen LogP contribution in [0, 0.1) is 0 Å². The van der Waals surface area contributed by atoms with E-state index in [2.05, 4.69) is 5.16 Å². The Morgan fingerprint density at radius 1 is 0.952 bits per heavy atom. The fraction of sp³-hybridized carbons (Fsp3) is 0.118. The lowest BCUT2D eigenvalue weighted by Crippen LogP contribution is -1.97. The molecule has 0 saturated heterocycles. The van der Waals surface area contributed by atoms with Crippen molar-refractivity contribution in [1.29, 1.82) is 0 Å². The molecule has 0 amide bonds. The van der Waals surface area contributed by atoms with Crippen molar-refractivity contribution >= 4 is 0 Å².